The number of rotatable bonds is 5. The molecule has 3 nitrogen and oxygen atoms in total. The number of halogens is 1. The Hall–Kier alpha value is -1.58. The van der Waals surface area contributed by atoms with E-state index in [1.807, 2.05) is 42.6 Å². The maximum atomic E-state index is 6.02. The standard InChI is InChI=1S/C15H18ClN3/c1-2-19(11-14-5-3-4-8-18-14)10-12-9-13(16)6-7-15(12)17/h3-9H,2,10-11,17H2,1H3. The van der Waals surface area contributed by atoms with Crippen LogP contribution in [0.5, 0.6) is 0 Å². The van der Waals surface area contributed by atoms with Crippen molar-refractivity contribution in [2.24, 2.45) is 0 Å². The van der Waals surface area contributed by atoms with E-state index in [2.05, 4.69) is 16.8 Å². The lowest BCUT2D eigenvalue weighted by atomic mass is 10.1. The first-order chi connectivity index (χ1) is 9.19. The highest BCUT2D eigenvalue weighted by molar-refractivity contribution is 6.30. The van der Waals surface area contributed by atoms with E-state index in [1.165, 1.54) is 0 Å². The predicted octanol–water partition coefficient (Wildman–Crippen LogP) is 3.34. The Labute approximate surface area is 119 Å². The van der Waals surface area contributed by atoms with Gasteiger partial charge in [0.1, 0.15) is 0 Å². The Balaban J connectivity index is 2.09. The van der Waals surface area contributed by atoms with Crippen molar-refractivity contribution < 1.29 is 0 Å². The van der Waals surface area contributed by atoms with Crippen LogP contribution < -0.4 is 5.73 Å². The number of anilines is 1. The van der Waals surface area contributed by atoms with Gasteiger partial charge in [-0.3, -0.25) is 9.88 Å². The monoisotopic (exact) mass is 275 g/mol. The summed E-state index contributed by atoms with van der Waals surface area (Å²) in [7, 11) is 0. The Kier molecular flexibility index (Phi) is 4.77. The Bertz CT molecular complexity index is 528. The van der Waals surface area contributed by atoms with Gasteiger partial charge in [0.25, 0.3) is 0 Å². The quantitative estimate of drug-likeness (QED) is 0.851. The SMILES string of the molecule is CCN(Cc1ccccn1)Cc1cc(Cl)ccc1N. The normalized spacial score (nSPS) is 10.9. The largest absolute Gasteiger partial charge is 0.398 e. The zero-order valence-corrected chi connectivity index (χ0v) is 11.8. The van der Waals surface area contributed by atoms with E-state index in [1.54, 1.807) is 0 Å². The van der Waals surface area contributed by atoms with Crippen molar-refractivity contribution in [2.75, 3.05) is 12.3 Å². The number of pyridine rings is 1. The summed E-state index contributed by atoms with van der Waals surface area (Å²) >= 11 is 6.02. The third-order valence-electron chi connectivity index (χ3n) is 3.06. The molecule has 100 valence electrons. The summed E-state index contributed by atoms with van der Waals surface area (Å²) < 4.78 is 0. The predicted molar refractivity (Wildman–Crippen MR) is 79.9 cm³/mol. The Morgan fingerprint density at radius 2 is 2.05 bits per heavy atom. The molecular formula is C15H18ClN3. The van der Waals surface area contributed by atoms with Crippen LogP contribution in [0.4, 0.5) is 5.69 Å². The third-order valence-corrected chi connectivity index (χ3v) is 3.29. The molecule has 4 heteroatoms. The van der Waals surface area contributed by atoms with E-state index in [0.717, 1.165) is 41.6 Å². The van der Waals surface area contributed by atoms with Gasteiger partial charge in [0.05, 0.1) is 5.69 Å². The van der Waals surface area contributed by atoms with Crippen LogP contribution in [0.25, 0.3) is 0 Å². The first kappa shape index (κ1) is 13.8. The Morgan fingerprint density at radius 3 is 2.74 bits per heavy atom. The van der Waals surface area contributed by atoms with Crippen molar-refractivity contribution in [3.8, 4) is 0 Å². The molecule has 0 atom stereocenters. The maximum Gasteiger partial charge on any atom is 0.0544 e. The van der Waals surface area contributed by atoms with Crippen molar-refractivity contribution in [2.45, 2.75) is 20.0 Å². The van der Waals surface area contributed by atoms with Crippen LogP contribution in [0.15, 0.2) is 42.6 Å². The smallest absolute Gasteiger partial charge is 0.0544 e. The molecule has 1 aromatic heterocycles. The summed E-state index contributed by atoms with van der Waals surface area (Å²) in [5.41, 5.74) is 8.89. The number of nitrogen functional groups attached to an aromatic ring is 1. The fraction of sp³-hybridized carbons (Fsp3) is 0.267. The van der Waals surface area contributed by atoms with Gasteiger partial charge in [-0.1, -0.05) is 24.6 Å². The highest BCUT2D eigenvalue weighted by Crippen LogP contribution is 2.20. The molecule has 0 saturated heterocycles. The summed E-state index contributed by atoms with van der Waals surface area (Å²) in [6, 6.07) is 11.6. The van der Waals surface area contributed by atoms with E-state index < -0.39 is 0 Å². The summed E-state index contributed by atoms with van der Waals surface area (Å²) in [6.45, 7) is 4.65. The minimum atomic E-state index is 0.720. The molecule has 2 N–H and O–H groups in total. The van der Waals surface area contributed by atoms with E-state index in [4.69, 9.17) is 17.3 Å². The van der Waals surface area contributed by atoms with Crippen LogP contribution >= 0.6 is 11.6 Å². The van der Waals surface area contributed by atoms with Crippen LogP contribution in [-0.2, 0) is 13.1 Å². The van der Waals surface area contributed by atoms with Crippen molar-refractivity contribution in [3.63, 3.8) is 0 Å². The molecule has 0 aliphatic carbocycles. The average molecular weight is 276 g/mol. The fourth-order valence-corrected chi connectivity index (χ4v) is 2.15. The fourth-order valence-electron chi connectivity index (χ4n) is 1.95. The first-order valence-corrected chi connectivity index (χ1v) is 6.73. The van der Waals surface area contributed by atoms with Crippen LogP contribution in [-0.4, -0.2) is 16.4 Å². The van der Waals surface area contributed by atoms with Gasteiger partial charge in [-0.05, 0) is 42.4 Å². The van der Waals surface area contributed by atoms with Crippen molar-refractivity contribution in [1.82, 2.24) is 9.88 Å². The molecule has 0 amide bonds. The zero-order valence-electron chi connectivity index (χ0n) is 11.0. The molecule has 2 rings (SSSR count). The maximum absolute atomic E-state index is 6.02. The van der Waals surface area contributed by atoms with Gasteiger partial charge in [0.15, 0.2) is 0 Å². The summed E-state index contributed by atoms with van der Waals surface area (Å²) in [5.74, 6) is 0. The molecule has 0 spiro atoms. The van der Waals surface area contributed by atoms with Gasteiger partial charge in [0.2, 0.25) is 0 Å². The molecule has 0 aliphatic heterocycles. The van der Waals surface area contributed by atoms with Crippen molar-refractivity contribution in [1.29, 1.82) is 0 Å². The molecule has 0 saturated carbocycles. The molecule has 0 unspecified atom stereocenters. The molecule has 1 aromatic carbocycles. The number of hydrogen-bond acceptors (Lipinski definition) is 3. The van der Waals surface area contributed by atoms with E-state index in [9.17, 15) is 0 Å². The van der Waals surface area contributed by atoms with E-state index in [-0.39, 0.29) is 0 Å². The van der Waals surface area contributed by atoms with Gasteiger partial charge in [0, 0.05) is 30.0 Å². The minimum absolute atomic E-state index is 0.720. The number of benzene rings is 1. The molecule has 1 heterocycles. The lowest BCUT2D eigenvalue weighted by Gasteiger charge is -2.21. The molecule has 0 fully saturated rings. The van der Waals surface area contributed by atoms with Crippen LogP contribution in [0, 0.1) is 0 Å². The van der Waals surface area contributed by atoms with Crippen LogP contribution in [0.1, 0.15) is 18.2 Å². The van der Waals surface area contributed by atoms with Gasteiger partial charge in [-0.2, -0.15) is 0 Å². The Morgan fingerprint density at radius 1 is 1.21 bits per heavy atom. The summed E-state index contributed by atoms with van der Waals surface area (Å²) in [6.07, 6.45) is 1.82. The number of hydrogen-bond donors (Lipinski definition) is 1. The van der Waals surface area contributed by atoms with Gasteiger partial charge in [-0.15, -0.1) is 0 Å². The van der Waals surface area contributed by atoms with Crippen LogP contribution in [0.3, 0.4) is 0 Å². The van der Waals surface area contributed by atoms with Crippen LogP contribution in [0.2, 0.25) is 5.02 Å². The second-order valence-electron chi connectivity index (χ2n) is 4.47. The molecule has 0 radical (unpaired) electrons. The lowest BCUT2D eigenvalue weighted by molar-refractivity contribution is 0.268. The molecule has 0 bridgehead atoms. The zero-order chi connectivity index (χ0) is 13.7. The van der Waals surface area contributed by atoms with Crippen molar-refractivity contribution in [3.05, 3.63) is 58.9 Å². The first-order valence-electron chi connectivity index (χ1n) is 6.35. The lowest BCUT2D eigenvalue weighted by Crippen LogP contribution is -2.23. The average Bonchev–Trinajstić information content (AvgIpc) is 2.43. The second-order valence-corrected chi connectivity index (χ2v) is 4.90. The van der Waals surface area contributed by atoms with Crippen molar-refractivity contribution >= 4 is 17.3 Å². The molecule has 19 heavy (non-hydrogen) atoms. The molecular weight excluding hydrogens is 258 g/mol. The summed E-state index contributed by atoms with van der Waals surface area (Å²) in [4.78, 5) is 6.63. The number of aromatic nitrogens is 1. The number of nitrogens with two attached hydrogens (primary N) is 1. The van der Waals surface area contributed by atoms with E-state index in [0.29, 0.717) is 0 Å². The highest BCUT2D eigenvalue weighted by Gasteiger charge is 2.08. The second kappa shape index (κ2) is 6.55. The van der Waals surface area contributed by atoms with Gasteiger partial charge < -0.3 is 5.73 Å². The van der Waals surface area contributed by atoms with Gasteiger partial charge >= 0.3 is 0 Å². The molecule has 0 aliphatic rings. The minimum Gasteiger partial charge on any atom is -0.398 e. The topological polar surface area (TPSA) is 42.2 Å². The van der Waals surface area contributed by atoms with Gasteiger partial charge in [-0.25, -0.2) is 0 Å². The molecule has 2 aromatic rings. The summed E-state index contributed by atoms with van der Waals surface area (Å²) in [5, 5.41) is 0.720. The highest BCUT2D eigenvalue weighted by atomic mass is 35.5. The third kappa shape index (κ3) is 3.94. The number of nitrogens with zero attached hydrogens (tertiary/aromatic N) is 2. The van der Waals surface area contributed by atoms with E-state index >= 15 is 0 Å².